The molecule has 2 amide bonds. The molecule has 8 heteroatoms. The summed E-state index contributed by atoms with van der Waals surface area (Å²) < 4.78 is 27.3. The summed E-state index contributed by atoms with van der Waals surface area (Å²) in [4.78, 5) is 27.7. The Morgan fingerprint density at radius 2 is 1.67 bits per heavy atom. The number of sulfonamides is 1. The second-order valence-electron chi connectivity index (χ2n) is 7.57. The summed E-state index contributed by atoms with van der Waals surface area (Å²) in [6.45, 7) is 3.85. The van der Waals surface area contributed by atoms with Gasteiger partial charge in [-0.25, -0.2) is 8.42 Å². The van der Waals surface area contributed by atoms with E-state index in [1.807, 2.05) is 37.3 Å². The summed E-state index contributed by atoms with van der Waals surface area (Å²) in [5.74, 6) is -0.749. The minimum Gasteiger partial charge on any atom is -0.350 e. The molecule has 1 fully saturated rings. The molecule has 1 N–H and O–H groups in total. The smallest absolute Gasteiger partial charge is 0.247 e. The van der Waals surface area contributed by atoms with Crippen LogP contribution in [0.4, 0.5) is 0 Å². The van der Waals surface area contributed by atoms with E-state index in [2.05, 4.69) is 5.32 Å². The molecule has 0 aliphatic carbocycles. The number of nitrogens with zero attached hydrogens (tertiary/aromatic N) is 2. The predicted octanol–water partition coefficient (Wildman–Crippen LogP) is 2.00. The van der Waals surface area contributed by atoms with Gasteiger partial charge in [0.2, 0.25) is 21.8 Å². The summed E-state index contributed by atoms with van der Waals surface area (Å²) >= 11 is 0. The van der Waals surface area contributed by atoms with Crippen LogP contribution in [0.25, 0.3) is 0 Å². The van der Waals surface area contributed by atoms with Crippen molar-refractivity contribution in [1.82, 2.24) is 14.5 Å². The van der Waals surface area contributed by atoms with Crippen molar-refractivity contribution in [3.8, 4) is 0 Å². The second kappa shape index (κ2) is 8.97. The number of rotatable bonds is 7. The number of hydrogen-bond donors (Lipinski definition) is 1. The molecule has 2 aromatic rings. The monoisotopic (exact) mass is 429 g/mol. The molecule has 7 nitrogen and oxygen atoms in total. The molecule has 0 bridgehead atoms. The Balaban J connectivity index is 1.88. The Morgan fingerprint density at radius 1 is 1.07 bits per heavy atom. The van der Waals surface area contributed by atoms with E-state index in [4.69, 9.17) is 0 Å². The van der Waals surface area contributed by atoms with Gasteiger partial charge < -0.3 is 10.2 Å². The zero-order chi connectivity index (χ0) is 21.8. The lowest BCUT2D eigenvalue weighted by atomic mass is 9.95. The zero-order valence-electron chi connectivity index (χ0n) is 17.2. The molecule has 2 aromatic carbocycles. The van der Waals surface area contributed by atoms with E-state index >= 15 is 0 Å². The van der Waals surface area contributed by atoms with Crippen LogP contribution < -0.4 is 5.32 Å². The fourth-order valence-electron chi connectivity index (χ4n) is 3.67. The number of benzene rings is 2. The molecule has 0 spiro atoms. The van der Waals surface area contributed by atoms with E-state index in [-0.39, 0.29) is 29.8 Å². The van der Waals surface area contributed by atoms with Gasteiger partial charge in [0.05, 0.1) is 11.4 Å². The van der Waals surface area contributed by atoms with Gasteiger partial charge in [0.15, 0.2) is 0 Å². The van der Waals surface area contributed by atoms with E-state index in [0.717, 1.165) is 9.87 Å². The van der Waals surface area contributed by atoms with Crippen molar-refractivity contribution in [1.29, 1.82) is 0 Å². The highest BCUT2D eigenvalue weighted by Gasteiger charge is 2.49. The molecule has 0 unspecified atom stereocenters. The van der Waals surface area contributed by atoms with Gasteiger partial charge in [-0.15, -0.1) is 0 Å². The number of carbonyl (C=O) groups is 2. The van der Waals surface area contributed by atoms with Crippen LogP contribution in [0, 0.1) is 0 Å². The van der Waals surface area contributed by atoms with Crippen LogP contribution in [-0.2, 0) is 26.2 Å². The van der Waals surface area contributed by atoms with E-state index in [1.165, 1.54) is 17.0 Å². The fraction of sp³-hybridized carbons (Fsp3) is 0.364. The number of carbonyl (C=O) groups excluding carboxylic acids is 2. The highest BCUT2D eigenvalue weighted by molar-refractivity contribution is 7.89. The summed E-state index contributed by atoms with van der Waals surface area (Å²) in [6.07, 6.45) is 0.665. The van der Waals surface area contributed by atoms with E-state index in [9.17, 15) is 18.0 Å². The molecule has 0 saturated carbocycles. The number of amides is 2. The van der Waals surface area contributed by atoms with Gasteiger partial charge >= 0.3 is 0 Å². The predicted molar refractivity (Wildman–Crippen MR) is 114 cm³/mol. The third kappa shape index (κ3) is 4.39. The van der Waals surface area contributed by atoms with Gasteiger partial charge in [-0.2, -0.15) is 4.31 Å². The number of nitrogens with one attached hydrogen (secondary N) is 1. The van der Waals surface area contributed by atoms with Crippen LogP contribution in [0.1, 0.15) is 25.8 Å². The van der Waals surface area contributed by atoms with E-state index < -0.39 is 15.6 Å². The summed E-state index contributed by atoms with van der Waals surface area (Å²) in [5.41, 5.74) is -0.380. The molecule has 0 radical (unpaired) electrons. The first-order valence-corrected chi connectivity index (χ1v) is 11.4. The molecule has 30 heavy (non-hydrogen) atoms. The maximum Gasteiger partial charge on any atom is 0.247 e. The van der Waals surface area contributed by atoms with Gasteiger partial charge in [-0.3, -0.25) is 9.59 Å². The maximum atomic E-state index is 13.2. The molecule has 1 saturated heterocycles. The summed E-state index contributed by atoms with van der Waals surface area (Å²) in [6, 6.07) is 17.4. The summed E-state index contributed by atoms with van der Waals surface area (Å²) in [5, 5.41) is 2.88. The maximum absolute atomic E-state index is 13.2. The Bertz CT molecular complexity index is 996. The minimum atomic E-state index is -3.90. The zero-order valence-corrected chi connectivity index (χ0v) is 18.1. The first kappa shape index (κ1) is 22.0. The highest BCUT2D eigenvalue weighted by Crippen LogP contribution is 2.28. The summed E-state index contributed by atoms with van der Waals surface area (Å²) in [7, 11) is -3.90. The minimum absolute atomic E-state index is 0.101. The van der Waals surface area contributed by atoms with Crippen molar-refractivity contribution in [2.75, 3.05) is 19.6 Å². The Labute approximate surface area is 177 Å². The van der Waals surface area contributed by atoms with Crippen LogP contribution in [0.15, 0.2) is 65.6 Å². The van der Waals surface area contributed by atoms with Gasteiger partial charge in [-0.05, 0) is 31.0 Å². The molecule has 1 aliphatic rings. The van der Waals surface area contributed by atoms with Crippen LogP contribution in [0.2, 0.25) is 0 Å². The van der Waals surface area contributed by atoms with Crippen LogP contribution in [0.3, 0.4) is 0 Å². The lowest BCUT2D eigenvalue weighted by Crippen LogP contribution is -2.69. The lowest BCUT2D eigenvalue weighted by molar-refractivity contribution is -0.152. The largest absolute Gasteiger partial charge is 0.350 e. The van der Waals surface area contributed by atoms with Crippen LogP contribution in [-0.4, -0.2) is 54.6 Å². The van der Waals surface area contributed by atoms with Crippen LogP contribution in [0.5, 0.6) is 0 Å². The van der Waals surface area contributed by atoms with Crippen LogP contribution >= 0.6 is 0 Å². The molecule has 1 heterocycles. The molecule has 0 aromatic heterocycles. The van der Waals surface area contributed by atoms with Gasteiger partial charge in [-0.1, -0.05) is 55.5 Å². The lowest BCUT2D eigenvalue weighted by Gasteiger charge is -2.46. The van der Waals surface area contributed by atoms with Gasteiger partial charge in [0, 0.05) is 19.6 Å². The van der Waals surface area contributed by atoms with Gasteiger partial charge in [0.25, 0.3) is 0 Å². The second-order valence-corrected chi connectivity index (χ2v) is 9.51. The molecule has 1 atom stereocenters. The third-order valence-electron chi connectivity index (χ3n) is 5.31. The quantitative estimate of drug-likeness (QED) is 0.729. The van der Waals surface area contributed by atoms with Crippen molar-refractivity contribution < 1.29 is 18.0 Å². The van der Waals surface area contributed by atoms with Crippen molar-refractivity contribution in [3.05, 3.63) is 66.2 Å². The number of piperazine rings is 1. The normalized spacial score (nSPS) is 20.2. The molecular formula is C22H27N3O4S. The first-order valence-electron chi connectivity index (χ1n) is 9.97. The third-order valence-corrected chi connectivity index (χ3v) is 7.11. The topological polar surface area (TPSA) is 86.8 Å². The molecule has 160 valence electrons. The number of hydrogen-bond acceptors (Lipinski definition) is 4. The molecule has 1 aliphatic heterocycles. The Kier molecular flexibility index (Phi) is 6.58. The van der Waals surface area contributed by atoms with Crippen molar-refractivity contribution in [2.45, 2.75) is 37.2 Å². The standard InChI is InChI=1S/C22H27N3O4S/c1-3-14-25-20(26)16-24(30(28,29)19-12-8-5-9-13-19)17-22(25,2)21(27)23-15-18-10-6-4-7-11-18/h4-13H,3,14-17H2,1-2H3,(H,23,27)/t22-/m0/s1. The van der Waals surface area contributed by atoms with Crippen molar-refractivity contribution in [2.24, 2.45) is 0 Å². The molecule has 3 rings (SSSR count). The average molecular weight is 430 g/mol. The average Bonchev–Trinajstić information content (AvgIpc) is 2.75. The van der Waals surface area contributed by atoms with Crippen molar-refractivity contribution >= 4 is 21.8 Å². The SMILES string of the molecule is CCCN1C(=O)CN(S(=O)(=O)c2ccccc2)C[C@@]1(C)C(=O)NCc1ccccc1. The fourth-order valence-corrected chi connectivity index (χ4v) is 5.17. The Morgan fingerprint density at radius 3 is 2.27 bits per heavy atom. The van der Waals surface area contributed by atoms with E-state index in [0.29, 0.717) is 19.5 Å². The van der Waals surface area contributed by atoms with E-state index in [1.54, 1.807) is 25.1 Å². The molecular weight excluding hydrogens is 402 g/mol. The highest BCUT2D eigenvalue weighted by atomic mass is 32.2. The first-order chi connectivity index (χ1) is 14.3. The van der Waals surface area contributed by atoms with Crippen molar-refractivity contribution in [3.63, 3.8) is 0 Å². The van der Waals surface area contributed by atoms with Gasteiger partial charge in [0.1, 0.15) is 5.54 Å². The Hall–Kier alpha value is -2.71.